The predicted molar refractivity (Wildman–Crippen MR) is 125 cm³/mol. The number of ketones is 2. The normalized spacial score (nSPS) is 29.8. The van der Waals surface area contributed by atoms with E-state index in [0.717, 1.165) is 0 Å². The number of benzene rings is 1. The zero-order valence-corrected chi connectivity index (χ0v) is 20.2. The monoisotopic (exact) mass is 500 g/mol. The van der Waals surface area contributed by atoms with Gasteiger partial charge in [-0.25, -0.2) is 4.79 Å². The molecule has 0 bridgehead atoms. The molecule has 11 nitrogen and oxygen atoms in total. The maximum Gasteiger partial charge on any atom is 0.407 e. The number of ether oxygens (including phenoxy) is 1. The highest BCUT2D eigenvalue weighted by atomic mass is 16.6. The molecule has 0 unspecified atom stereocenters. The number of aliphatic hydroxyl groups excluding tert-OH is 2. The van der Waals surface area contributed by atoms with Crippen LogP contribution in [0, 0.1) is 11.8 Å². The summed E-state index contributed by atoms with van der Waals surface area (Å²) < 4.78 is 5.70. The molecular formula is C25H28N2O9. The van der Waals surface area contributed by atoms with Crippen molar-refractivity contribution in [2.45, 2.75) is 57.3 Å². The zero-order valence-electron chi connectivity index (χ0n) is 20.2. The van der Waals surface area contributed by atoms with Crippen LogP contribution < -0.4 is 11.1 Å². The quantitative estimate of drug-likeness (QED) is 0.326. The average molecular weight is 501 g/mol. The summed E-state index contributed by atoms with van der Waals surface area (Å²) in [5.41, 5.74) is 0.667. The van der Waals surface area contributed by atoms with E-state index in [1.165, 1.54) is 6.07 Å². The Labute approximate surface area is 206 Å². The number of rotatable bonds is 2. The molecular weight excluding hydrogens is 472 g/mol. The Bertz CT molecular complexity index is 1270. The van der Waals surface area contributed by atoms with E-state index in [9.17, 15) is 39.6 Å². The van der Waals surface area contributed by atoms with Crippen molar-refractivity contribution in [3.05, 3.63) is 46.2 Å². The molecule has 0 aliphatic heterocycles. The number of alkyl carbamates (subject to hydrolysis) is 1. The van der Waals surface area contributed by atoms with E-state index in [1.807, 2.05) is 0 Å². The van der Waals surface area contributed by atoms with Crippen molar-refractivity contribution in [2.75, 3.05) is 0 Å². The fourth-order valence-corrected chi connectivity index (χ4v) is 5.54. The second-order valence-electron chi connectivity index (χ2n) is 10.5. The molecule has 36 heavy (non-hydrogen) atoms. The third-order valence-electron chi connectivity index (χ3n) is 7.06. The Kier molecular flexibility index (Phi) is 5.67. The van der Waals surface area contributed by atoms with E-state index in [-0.39, 0.29) is 11.3 Å². The van der Waals surface area contributed by atoms with Crippen molar-refractivity contribution in [1.82, 2.24) is 5.32 Å². The van der Waals surface area contributed by atoms with Gasteiger partial charge in [0.2, 0.25) is 5.78 Å². The summed E-state index contributed by atoms with van der Waals surface area (Å²) in [6.07, 6.45) is -2.96. The fraction of sp³-hybridized carbons (Fsp3) is 0.440. The Morgan fingerprint density at radius 1 is 1.17 bits per heavy atom. The van der Waals surface area contributed by atoms with Crippen LogP contribution >= 0.6 is 0 Å². The molecule has 7 N–H and O–H groups in total. The summed E-state index contributed by atoms with van der Waals surface area (Å²) in [6.45, 7) is 6.78. The first-order valence-corrected chi connectivity index (χ1v) is 11.4. The highest BCUT2D eigenvalue weighted by Crippen LogP contribution is 2.56. The van der Waals surface area contributed by atoms with Crippen molar-refractivity contribution in [2.24, 2.45) is 17.6 Å². The van der Waals surface area contributed by atoms with Gasteiger partial charge in [0.05, 0.1) is 5.56 Å². The summed E-state index contributed by atoms with van der Waals surface area (Å²) in [5, 5.41) is 46.6. The summed E-state index contributed by atoms with van der Waals surface area (Å²) in [4.78, 5) is 51.3. The molecule has 1 aromatic rings. The minimum absolute atomic E-state index is 0.0463. The molecule has 1 fully saturated rings. The smallest absolute Gasteiger partial charge is 0.407 e. The van der Waals surface area contributed by atoms with Gasteiger partial charge >= 0.3 is 6.09 Å². The van der Waals surface area contributed by atoms with E-state index in [0.29, 0.717) is 5.56 Å². The number of hydrogen-bond acceptors (Lipinski definition) is 9. The number of hydrogen-bond donors (Lipinski definition) is 6. The topological polar surface area (TPSA) is 196 Å². The first-order chi connectivity index (χ1) is 16.6. The molecule has 5 atom stereocenters. The highest BCUT2D eigenvalue weighted by molar-refractivity contribution is 6.23. The Morgan fingerprint density at radius 2 is 1.81 bits per heavy atom. The molecule has 2 amide bonds. The number of phenolic OH excluding ortho intramolecular Hbond substituents is 1. The SMILES string of the molecule is C[C@H]1c2cccc(O)c2C(O)=C2C(=O)[C@]3(O)C(O)=C(C(N)=O)C(=O)C[C@@H]3[C@@H](OC(=O)NC(C)(C)C)[C@@H]21. The lowest BCUT2D eigenvalue weighted by atomic mass is 9.55. The second-order valence-corrected chi connectivity index (χ2v) is 10.5. The Balaban J connectivity index is 1.99. The molecule has 3 aliphatic rings. The highest BCUT2D eigenvalue weighted by Gasteiger charge is 2.66. The van der Waals surface area contributed by atoms with Gasteiger partial charge in [-0.2, -0.15) is 0 Å². The largest absolute Gasteiger partial charge is 0.508 e. The van der Waals surface area contributed by atoms with Gasteiger partial charge in [-0.1, -0.05) is 19.1 Å². The summed E-state index contributed by atoms with van der Waals surface area (Å²) in [5.74, 6) is -8.91. The number of fused-ring (bicyclic) bond motifs is 3. The van der Waals surface area contributed by atoms with Gasteiger partial charge in [0.25, 0.3) is 5.91 Å². The molecule has 0 radical (unpaired) electrons. The van der Waals surface area contributed by atoms with E-state index in [4.69, 9.17) is 10.5 Å². The molecule has 3 aliphatic carbocycles. The van der Waals surface area contributed by atoms with E-state index in [1.54, 1.807) is 39.8 Å². The van der Waals surface area contributed by atoms with Crippen molar-refractivity contribution < 1.29 is 44.3 Å². The first-order valence-electron chi connectivity index (χ1n) is 11.4. The number of Topliss-reactive ketones (excluding diaryl/α,β-unsaturated/α-hetero) is 2. The van der Waals surface area contributed by atoms with Crippen LogP contribution in [0.4, 0.5) is 4.79 Å². The number of phenols is 1. The zero-order chi connectivity index (χ0) is 26.9. The summed E-state index contributed by atoms with van der Waals surface area (Å²) >= 11 is 0. The number of amides is 2. The lowest BCUT2D eigenvalue weighted by Crippen LogP contribution is -2.65. The first kappa shape index (κ1) is 25.2. The number of nitrogens with two attached hydrogens (primary N) is 1. The Hall–Kier alpha value is -3.86. The minimum Gasteiger partial charge on any atom is -0.508 e. The third kappa shape index (κ3) is 3.53. The molecule has 11 heteroatoms. The van der Waals surface area contributed by atoms with Crippen LogP contribution in [0.1, 0.15) is 51.2 Å². The number of aliphatic hydroxyl groups is 3. The molecule has 192 valence electrons. The van der Waals surface area contributed by atoms with Crippen molar-refractivity contribution >= 4 is 29.3 Å². The number of nitrogens with one attached hydrogen (secondary N) is 1. The molecule has 4 rings (SSSR count). The van der Waals surface area contributed by atoms with Crippen LogP contribution in [0.25, 0.3) is 5.76 Å². The van der Waals surface area contributed by atoms with Crippen LogP contribution in [-0.4, -0.2) is 61.2 Å². The Morgan fingerprint density at radius 3 is 2.39 bits per heavy atom. The van der Waals surface area contributed by atoms with Crippen molar-refractivity contribution in [1.29, 1.82) is 0 Å². The van der Waals surface area contributed by atoms with Crippen molar-refractivity contribution in [3.63, 3.8) is 0 Å². The molecule has 0 heterocycles. The summed E-state index contributed by atoms with van der Waals surface area (Å²) in [6, 6.07) is 4.48. The van der Waals surface area contributed by atoms with Crippen LogP contribution in [0.15, 0.2) is 35.1 Å². The molecule has 0 spiro atoms. The van der Waals surface area contributed by atoms with Gasteiger partial charge < -0.3 is 36.2 Å². The van der Waals surface area contributed by atoms with Gasteiger partial charge in [0.1, 0.15) is 28.9 Å². The van der Waals surface area contributed by atoms with Gasteiger partial charge in [0.15, 0.2) is 11.4 Å². The van der Waals surface area contributed by atoms with Crippen molar-refractivity contribution in [3.8, 4) is 5.75 Å². The van der Waals surface area contributed by atoms with Gasteiger partial charge in [-0.05, 0) is 38.3 Å². The average Bonchev–Trinajstić information content (AvgIpc) is 2.74. The molecule has 1 saturated carbocycles. The maximum absolute atomic E-state index is 13.8. The molecule has 1 aromatic carbocycles. The summed E-state index contributed by atoms with van der Waals surface area (Å²) in [7, 11) is 0. The van der Waals surface area contributed by atoms with E-state index in [2.05, 4.69) is 5.32 Å². The molecule has 0 saturated heterocycles. The van der Waals surface area contributed by atoms with Crippen LogP contribution in [-0.2, 0) is 19.1 Å². The fourth-order valence-electron chi connectivity index (χ4n) is 5.54. The number of carbonyl (C=O) groups excluding carboxylic acids is 4. The van der Waals surface area contributed by atoms with Gasteiger partial charge in [-0.3, -0.25) is 14.4 Å². The van der Waals surface area contributed by atoms with Crippen LogP contribution in [0.2, 0.25) is 0 Å². The number of aromatic hydroxyl groups is 1. The van der Waals surface area contributed by atoms with E-state index < -0.39 is 87.6 Å². The van der Waals surface area contributed by atoms with Crippen LogP contribution in [0.5, 0.6) is 5.75 Å². The second kappa shape index (κ2) is 8.09. The lowest BCUT2D eigenvalue weighted by Gasteiger charge is -2.51. The number of primary amides is 1. The lowest BCUT2D eigenvalue weighted by molar-refractivity contribution is -0.161. The minimum atomic E-state index is -2.90. The number of carbonyl (C=O) groups is 4. The van der Waals surface area contributed by atoms with Crippen LogP contribution in [0.3, 0.4) is 0 Å². The predicted octanol–water partition coefficient (Wildman–Crippen LogP) is 1.49. The maximum atomic E-state index is 13.8. The van der Waals surface area contributed by atoms with Gasteiger partial charge in [0, 0.05) is 29.4 Å². The third-order valence-corrected chi connectivity index (χ3v) is 7.06. The van der Waals surface area contributed by atoms with E-state index >= 15 is 0 Å². The molecule has 0 aromatic heterocycles. The standard InChI is InChI=1S/C25H28N2O9/c1-9-10-6-5-7-12(28)15(10)18(30)17-14(9)19(36-23(34)27-24(2,3)4)11-8-13(29)16(22(26)33)20(31)25(11,35)21(17)32/h5-7,9,11,14,19,28,30-31,35H,8H2,1-4H3,(H2,26,33)(H,27,34)/t9-,11+,14+,19+,25+/m0/s1. The van der Waals surface area contributed by atoms with Gasteiger partial charge in [-0.15, -0.1) is 0 Å².